The molecule has 0 atom stereocenters. The highest BCUT2D eigenvalue weighted by Gasteiger charge is 2.19. The smallest absolute Gasteiger partial charge is 0.252 e. The van der Waals surface area contributed by atoms with E-state index in [0.29, 0.717) is 11.3 Å². The van der Waals surface area contributed by atoms with Crippen LogP contribution in [0.2, 0.25) is 0 Å². The second-order valence-corrected chi connectivity index (χ2v) is 7.53. The number of aromatic nitrogens is 5. The summed E-state index contributed by atoms with van der Waals surface area (Å²) in [7, 11) is 0. The van der Waals surface area contributed by atoms with Gasteiger partial charge in [-0.25, -0.2) is 23.7 Å². The number of aliphatic hydroxyl groups excluding tert-OH is 1. The van der Waals surface area contributed by atoms with Crippen LogP contribution >= 0.6 is 11.8 Å². The SMILES string of the molecule is CSc1nc(-c2cn3c(CO)cnc3c(Cc3cc(F)c(C)cc3F)n2)nc(O)c1F. The molecule has 0 saturated heterocycles. The highest BCUT2D eigenvalue weighted by Crippen LogP contribution is 2.28. The average molecular weight is 447 g/mol. The first-order chi connectivity index (χ1) is 14.8. The van der Waals surface area contributed by atoms with Gasteiger partial charge in [-0.15, -0.1) is 11.8 Å². The number of aliphatic hydroxyl groups is 1. The Balaban J connectivity index is 1.91. The Labute approximate surface area is 178 Å². The number of thioether (sulfide) groups is 1. The van der Waals surface area contributed by atoms with Gasteiger partial charge in [-0.1, -0.05) is 0 Å². The second kappa shape index (κ2) is 8.16. The zero-order valence-corrected chi connectivity index (χ0v) is 17.2. The maximum absolute atomic E-state index is 14.4. The fourth-order valence-electron chi connectivity index (χ4n) is 3.11. The number of aryl methyl sites for hydroxylation is 1. The Bertz CT molecular complexity index is 1310. The summed E-state index contributed by atoms with van der Waals surface area (Å²) in [6.45, 7) is 1.12. The molecule has 3 heterocycles. The monoisotopic (exact) mass is 447 g/mol. The molecule has 0 bridgehead atoms. The molecular formula is C20H16F3N5O2S. The normalized spacial score (nSPS) is 11.4. The average Bonchev–Trinajstić information content (AvgIpc) is 3.17. The number of halogens is 3. The standard InChI is InChI=1S/C20H16F3N5O2S/c1-9-3-13(22)10(4-12(9)21)5-14-18-24-6-11(8-29)28(18)7-15(25-14)17-26-19(30)16(23)20(27-17)31-2/h3-4,6-7,29H,5,8H2,1-2H3,(H,26,27,30). The summed E-state index contributed by atoms with van der Waals surface area (Å²) >= 11 is 0.979. The topological polar surface area (TPSA) is 96.4 Å². The van der Waals surface area contributed by atoms with E-state index < -0.39 is 23.3 Å². The number of imidazole rings is 1. The van der Waals surface area contributed by atoms with E-state index in [2.05, 4.69) is 19.9 Å². The summed E-state index contributed by atoms with van der Waals surface area (Å²) in [6, 6.07) is 2.19. The highest BCUT2D eigenvalue weighted by atomic mass is 32.2. The van der Waals surface area contributed by atoms with Crippen molar-refractivity contribution in [2.75, 3.05) is 6.26 Å². The fraction of sp³-hybridized carbons (Fsp3) is 0.200. The fourth-order valence-corrected chi connectivity index (χ4v) is 3.56. The van der Waals surface area contributed by atoms with E-state index >= 15 is 0 Å². The van der Waals surface area contributed by atoms with E-state index in [1.807, 2.05) is 0 Å². The van der Waals surface area contributed by atoms with Gasteiger partial charge in [0, 0.05) is 12.6 Å². The van der Waals surface area contributed by atoms with Gasteiger partial charge in [0.1, 0.15) is 22.4 Å². The van der Waals surface area contributed by atoms with E-state index in [9.17, 15) is 23.4 Å². The summed E-state index contributed by atoms with van der Waals surface area (Å²) in [5, 5.41) is 19.4. The zero-order chi connectivity index (χ0) is 22.3. The molecule has 0 amide bonds. The van der Waals surface area contributed by atoms with Crippen LogP contribution in [0.1, 0.15) is 22.5 Å². The highest BCUT2D eigenvalue weighted by molar-refractivity contribution is 7.98. The van der Waals surface area contributed by atoms with Crippen molar-refractivity contribution in [2.45, 2.75) is 25.0 Å². The summed E-state index contributed by atoms with van der Waals surface area (Å²) < 4.78 is 43.9. The summed E-state index contributed by atoms with van der Waals surface area (Å²) in [4.78, 5) is 16.5. The minimum Gasteiger partial charge on any atom is -0.491 e. The van der Waals surface area contributed by atoms with Crippen LogP contribution in [0.15, 0.2) is 29.6 Å². The van der Waals surface area contributed by atoms with Gasteiger partial charge >= 0.3 is 0 Å². The van der Waals surface area contributed by atoms with Crippen LogP contribution in [0, 0.1) is 24.4 Å². The third-order valence-electron chi connectivity index (χ3n) is 4.71. The molecule has 3 aromatic heterocycles. The predicted octanol–water partition coefficient (Wildman–Crippen LogP) is 3.42. The van der Waals surface area contributed by atoms with Gasteiger partial charge in [0.05, 0.1) is 24.2 Å². The maximum atomic E-state index is 14.4. The number of nitrogens with zero attached hydrogens (tertiary/aromatic N) is 5. The van der Waals surface area contributed by atoms with Crippen LogP contribution < -0.4 is 0 Å². The first-order valence-electron chi connectivity index (χ1n) is 9.04. The molecule has 2 N–H and O–H groups in total. The molecule has 0 saturated carbocycles. The third kappa shape index (κ3) is 3.81. The van der Waals surface area contributed by atoms with Crippen LogP contribution in [-0.4, -0.2) is 40.8 Å². The molecule has 0 aliphatic heterocycles. The van der Waals surface area contributed by atoms with Crippen molar-refractivity contribution in [3.8, 4) is 17.4 Å². The lowest BCUT2D eigenvalue weighted by molar-refractivity contribution is 0.276. The van der Waals surface area contributed by atoms with Crippen molar-refractivity contribution in [2.24, 2.45) is 0 Å². The summed E-state index contributed by atoms with van der Waals surface area (Å²) in [5.41, 5.74) is 1.37. The van der Waals surface area contributed by atoms with E-state index in [1.54, 1.807) is 6.26 Å². The van der Waals surface area contributed by atoms with E-state index in [0.717, 1.165) is 23.9 Å². The minimum atomic E-state index is -0.951. The summed E-state index contributed by atoms with van der Waals surface area (Å²) in [6.07, 6.45) is 4.38. The van der Waals surface area contributed by atoms with Gasteiger partial charge in [-0.2, -0.15) is 9.37 Å². The number of fused-ring (bicyclic) bond motifs is 1. The number of rotatable bonds is 5. The molecule has 4 rings (SSSR count). The van der Waals surface area contributed by atoms with Gasteiger partial charge in [-0.05, 0) is 36.4 Å². The maximum Gasteiger partial charge on any atom is 0.252 e. The molecule has 0 aliphatic rings. The molecule has 0 spiro atoms. The molecule has 0 unspecified atom stereocenters. The van der Waals surface area contributed by atoms with Crippen molar-refractivity contribution in [3.63, 3.8) is 0 Å². The third-order valence-corrected chi connectivity index (χ3v) is 5.37. The van der Waals surface area contributed by atoms with Crippen molar-refractivity contribution in [3.05, 3.63) is 64.5 Å². The van der Waals surface area contributed by atoms with Crippen molar-refractivity contribution < 1.29 is 23.4 Å². The molecule has 11 heteroatoms. The number of benzene rings is 1. The predicted molar refractivity (Wildman–Crippen MR) is 107 cm³/mol. The largest absolute Gasteiger partial charge is 0.491 e. The van der Waals surface area contributed by atoms with E-state index in [-0.39, 0.29) is 46.4 Å². The van der Waals surface area contributed by atoms with E-state index in [4.69, 9.17) is 0 Å². The van der Waals surface area contributed by atoms with Crippen molar-refractivity contribution in [1.82, 2.24) is 24.3 Å². The van der Waals surface area contributed by atoms with Gasteiger partial charge in [0.2, 0.25) is 5.82 Å². The van der Waals surface area contributed by atoms with Gasteiger partial charge in [-0.3, -0.25) is 4.40 Å². The Kier molecular flexibility index (Phi) is 5.54. The minimum absolute atomic E-state index is 0.0656. The van der Waals surface area contributed by atoms with Gasteiger partial charge < -0.3 is 10.2 Å². The number of aromatic hydroxyl groups is 1. The molecule has 4 aromatic rings. The zero-order valence-electron chi connectivity index (χ0n) is 16.4. The number of hydrogen-bond acceptors (Lipinski definition) is 7. The Morgan fingerprint density at radius 1 is 1.10 bits per heavy atom. The van der Waals surface area contributed by atoms with Crippen LogP contribution in [0.5, 0.6) is 5.88 Å². The molecule has 7 nitrogen and oxygen atoms in total. The molecule has 0 radical (unpaired) electrons. The van der Waals surface area contributed by atoms with E-state index in [1.165, 1.54) is 23.7 Å². The van der Waals surface area contributed by atoms with Crippen LogP contribution in [0.4, 0.5) is 13.2 Å². The Morgan fingerprint density at radius 3 is 2.58 bits per heavy atom. The Morgan fingerprint density at radius 2 is 1.87 bits per heavy atom. The number of hydrogen-bond donors (Lipinski definition) is 2. The van der Waals surface area contributed by atoms with Crippen LogP contribution in [0.25, 0.3) is 17.2 Å². The van der Waals surface area contributed by atoms with Crippen LogP contribution in [0.3, 0.4) is 0 Å². The lowest BCUT2D eigenvalue weighted by atomic mass is 10.1. The van der Waals surface area contributed by atoms with Gasteiger partial charge in [0.15, 0.2) is 11.5 Å². The molecule has 0 fully saturated rings. The van der Waals surface area contributed by atoms with Crippen molar-refractivity contribution in [1.29, 1.82) is 0 Å². The van der Waals surface area contributed by atoms with Gasteiger partial charge in [0.25, 0.3) is 5.88 Å². The lowest BCUT2D eigenvalue weighted by Crippen LogP contribution is -2.06. The molecule has 1 aromatic carbocycles. The lowest BCUT2D eigenvalue weighted by Gasteiger charge is -2.11. The second-order valence-electron chi connectivity index (χ2n) is 6.74. The first kappa shape index (κ1) is 21.1. The molecule has 31 heavy (non-hydrogen) atoms. The molecule has 0 aliphatic carbocycles. The quantitative estimate of drug-likeness (QED) is 0.357. The first-order valence-corrected chi connectivity index (χ1v) is 10.3. The Hall–Kier alpha value is -3.18. The molecule has 160 valence electrons. The van der Waals surface area contributed by atoms with Crippen LogP contribution in [-0.2, 0) is 13.0 Å². The summed E-state index contributed by atoms with van der Waals surface area (Å²) in [5.74, 6) is -3.01. The van der Waals surface area contributed by atoms with Crippen molar-refractivity contribution >= 4 is 17.4 Å². The molecular weight excluding hydrogens is 431 g/mol.